The summed E-state index contributed by atoms with van der Waals surface area (Å²) in [6.45, 7) is 3.50. The van der Waals surface area contributed by atoms with Crippen molar-refractivity contribution in [2.45, 2.75) is 51.1 Å². The van der Waals surface area contributed by atoms with E-state index in [-0.39, 0.29) is 0 Å². The van der Waals surface area contributed by atoms with E-state index in [9.17, 15) is 0 Å². The monoisotopic (exact) mass is 244 g/mol. The van der Waals surface area contributed by atoms with Crippen LogP contribution in [0, 0.1) is 5.92 Å². The fourth-order valence-electron chi connectivity index (χ4n) is 2.56. The zero-order valence-electron chi connectivity index (χ0n) is 11.1. The Morgan fingerprint density at radius 3 is 2.69 bits per heavy atom. The molecule has 0 bridgehead atoms. The number of rotatable bonds is 5. The number of hydrogen-bond acceptors (Lipinski definition) is 3. The van der Waals surface area contributed by atoms with Crippen LogP contribution >= 0.6 is 11.8 Å². The van der Waals surface area contributed by atoms with Gasteiger partial charge < -0.3 is 10.6 Å². The van der Waals surface area contributed by atoms with Gasteiger partial charge in [-0.3, -0.25) is 0 Å². The molecule has 0 aromatic carbocycles. The first-order chi connectivity index (χ1) is 7.65. The molecule has 1 saturated carbocycles. The molecular formula is C13H28N2S. The van der Waals surface area contributed by atoms with Crippen molar-refractivity contribution >= 4 is 11.8 Å². The third-order valence-electron chi connectivity index (χ3n) is 3.90. The van der Waals surface area contributed by atoms with Crippen LogP contribution in [0.15, 0.2) is 0 Å². The summed E-state index contributed by atoms with van der Waals surface area (Å²) in [6.07, 6.45) is 8.84. The molecule has 1 aliphatic carbocycles. The molecule has 0 radical (unpaired) electrons. The summed E-state index contributed by atoms with van der Waals surface area (Å²) in [5.74, 6) is 1.94. The van der Waals surface area contributed by atoms with E-state index >= 15 is 0 Å². The summed E-state index contributed by atoms with van der Waals surface area (Å²) in [5, 5.41) is 0. The molecule has 0 aromatic rings. The Morgan fingerprint density at radius 2 is 2.00 bits per heavy atom. The van der Waals surface area contributed by atoms with Crippen LogP contribution in [0.3, 0.4) is 0 Å². The Kier molecular flexibility index (Phi) is 6.78. The lowest BCUT2D eigenvalue weighted by molar-refractivity contribution is 0.209. The van der Waals surface area contributed by atoms with Gasteiger partial charge in [0.05, 0.1) is 0 Å². The van der Waals surface area contributed by atoms with Crippen molar-refractivity contribution in [2.24, 2.45) is 11.7 Å². The van der Waals surface area contributed by atoms with E-state index in [0.717, 1.165) is 5.92 Å². The Hall–Kier alpha value is 0.270. The molecule has 0 heterocycles. The largest absolute Gasteiger partial charge is 0.327 e. The van der Waals surface area contributed by atoms with Crippen molar-refractivity contribution < 1.29 is 0 Å². The molecule has 0 amide bonds. The molecule has 1 aliphatic rings. The average molecular weight is 244 g/mol. The summed E-state index contributed by atoms with van der Waals surface area (Å²) >= 11 is 1.93. The molecule has 3 atom stereocenters. The molecule has 0 saturated heterocycles. The van der Waals surface area contributed by atoms with E-state index in [4.69, 9.17) is 5.73 Å². The summed E-state index contributed by atoms with van der Waals surface area (Å²) in [5.41, 5.74) is 6.27. The smallest absolute Gasteiger partial charge is 0.0155 e. The zero-order chi connectivity index (χ0) is 12.0. The SMILES string of the molecule is CSCC(C)N(C)CC1CCCCCC1N. The van der Waals surface area contributed by atoms with Gasteiger partial charge in [-0.2, -0.15) is 11.8 Å². The highest BCUT2D eigenvalue weighted by molar-refractivity contribution is 7.98. The van der Waals surface area contributed by atoms with Gasteiger partial charge in [0.1, 0.15) is 0 Å². The lowest BCUT2D eigenvalue weighted by Gasteiger charge is -2.31. The van der Waals surface area contributed by atoms with Crippen LogP contribution in [0.4, 0.5) is 0 Å². The first kappa shape index (κ1) is 14.3. The third kappa shape index (κ3) is 4.64. The van der Waals surface area contributed by atoms with Crippen molar-refractivity contribution in [1.29, 1.82) is 0 Å². The molecule has 2 N–H and O–H groups in total. The number of nitrogens with two attached hydrogens (primary N) is 1. The van der Waals surface area contributed by atoms with Crippen LogP contribution in [0.1, 0.15) is 39.0 Å². The molecule has 3 unspecified atom stereocenters. The standard InChI is InChI=1S/C13H28N2S/c1-11(10-16-3)15(2)9-12-7-5-4-6-8-13(12)14/h11-13H,4-10,14H2,1-3H3. The van der Waals surface area contributed by atoms with Crippen LogP contribution in [0.25, 0.3) is 0 Å². The maximum Gasteiger partial charge on any atom is 0.0155 e. The van der Waals surface area contributed by atoms with E-state index in [0.29, 0.717) is 12.1 Å². The minimum Gasteiger partial charge on any atom is -0.327 e. The first-order valence-electron chi connectivity index (χ1n) is 6.60. The topological polar surface area (TPSA) is 29.3 Å². The lowest BCUT2D eigenvalue weighted by atomic mass is 9.95. The van der Waals surface area contributed by atoms with Crippen LogP contribution in [-0.2, 0) is 0 Å². The highest BCUT2D eigenvalue weighted by Gasteiger charge is 2.22. The Morgan fingerprint density at radius 1 is 1.31 bits per heavy atom. The molecule has 16 heavy (non-hydrogen) atoms. The van der Waals surface area contributed by atoms with Gasteiger partial charge in [0.25, 0.3) is 0 Å². The molecule has 1 fully saturated rings. The molecule has 0 aliphatic heterocycles. The zero-order valence-corrected chi connectivity index (χ0v) is 11.9. The summed E-state index contributed by atoms with van der Waals surface area (Å²) in [7, 11) is 2.25. The number of hydrogen-bond donors (Lipinski definition) is 1. The number of nitrogens with zero attached hydrogens (tertiary/aromatic N) is 1. The van der Waals surface area contributed by atoms with Gasteiger partial charge in [0.2, 0.25) is 0 Å². The number of thioether (sulfide) groups is 1. The van der Waals surface area contributed by atoms with Crippen molar-refractivity contribution in [3.63, 3.8) is 0 Å². The molecule has 2 nitrogen and oxygen atoms in total. The summed E-state index contributed by atoms with van der Waals surface area (Å²) in [4.78, 5) is 2.49. The minimum absolute atomic E-state index is 0.437. The van der Waals surface area contributed by atoms with Crippen molar-refractivity contribution in [3.05, 3.63) is 0 Å². The Bertz CT molecular complexity index is 187. The van der Waals surface area contributed by atoms with E-state index in [1.165, 1.54) is 44.4 Å². The maximum absolute atomic E-state index is 6.27. The summed E-state index contributed by atoms with van der Waals surface area (Å²) in [6, 6.07) is 1.11. The predicted octanol–water partition coefficient (Wildman–Crippen LogP) is 2.58. The Balaban J connectivity index is 2.38. The highest BCUT2D eigenvalue weighted by atomic mass is 32.2. The van der Waals surface area contributed by atoms with Crippen molar-refractivity contribution in [1.82, 2.24) is 4.90 Å². The van der Waals surface area contributed by atoms with Crippen LogP contribution in [0.5, 0.6) is 0 Å². The molecule has 96 valence electrons. The van der Waals surface area contributed by atoms with Gasteiger partial charge in [0.15, 0.2) is 0 Å². The van der Waals surface area contributed by atoms with E-state index in [2.05, 4.69) is 25.1 Å². The van der Waals surface area contributed by atoms with Gasteiger partial charge in [-0.15, -0.1) is 0 Å². The van der Waals surface area contributed by atoms with Crippen LogP contribution in [0.2, 0.25) is 0 Å². The van der Waals surface area contributed by atoms with Crippen LogP contribution < -0.4 is 5.73 Å². The first-order valence-corrected chi connectivity index (χ1v) is 7.99. The third-order valence-corrected chi connectivity index (χ3v) is 4.72. The van der Waals surface area contributed by atoms with Crippen LogP contribution in [-0.4, -0.2) is 42.6 Å². The lowest BCUT2D eigenvalue weighted by Crippen LogP contribution is -2.41. The van der Waals surface area contributed by atoms with Gasteiger partial charge >= 0.3 is 0 Å². The molecule has 3 heteroatoms. The van der Waals surface area contributed by atoms with E-state index < -0.39 is 0 Å². The fourth-order valence-corrected chi connectivity index (χ4v) is 3.29. The van der Waals surface area contributed by atoms with E-state index in [1.54, 1.807) is 0 Å². The average Bonchev–Trinajstić information content (AvgIpc) is 2.45. The van der Waals surface area contributed by atoms with Gasteiger partial charge in [-0.05, 0) is 39.0 Å². The minimum atomic E-state index is 0.437. The molecule has 1 rings (SSSR count). The predicted molar refractivity (Wildman–Crippen MR) is 75.0 cm³/mol. The second-order valence-corrected chi connectivity index (χ2v) is 6.22. The summed E-state index contributed by atoms with van der Waals surface area (Å²) < 4.78 is 0. The molecule has 0 spiro atoms. The quantitative estimate of drug-likeness (QED) is 0.754. The molecular weight excluding hydrogens is 216 g/mol. The van der Waals surface area contributed by atoms with Gasteiger partial charge in [0, 0.05) is 24.4 Å². The van der Waals surface area contributed by atoms with Crippen molar-refractivity contribution in [2.75, 3.05) is 25.6 Å². The fraction of sp³-hybridized carbons (Fsp3) is 1.00. The normalized spacial score (nSPS) is 29.1. The Labute approximate surface area is 105 Å². The second kappa shape index (κ2) is 7.57. The maximum atomic E-state index is 6.27. The van der Waals surface area contributed by atoms with Gasteiger partial charge in [-0.25, -0.2) is 0 Å². The van der Waals surface area contributed by atoms with Crippen molar-refractivity contribution in [3.8, 4) is 0 Å². The molecule has 0 aromatic heterocycles. The second-order valence-electron chi connectivity index (χ2n) is 5.31. The van der Waals surface area contributed by atoms with E-state index in [1.807, 2.05) is 11.8 Å². The highest BCUT2D eigenvalue weighted by Crippen LogP contribution is 2.23. The van der Waals surface area contributed by atoms with Gasteiger partial charge in [-0.1, -0.05) is 19.3 Å².